The molecule has 0 aliphatic rings. The normalized spacial score (nSPS) is 14.2. The highest BCUT2D eigenvalue weighted by atomic mass is 19.1. The van der Waals surface area contributed by atoms with Gasteiger partial charge in [0.1, 0.15) is 5.82 Å². The Morgan fingerprint density at radius 1 is 1.38 bits per heavy atom. The molecule has 0 aliphatic carbocycles. The third-order valence-corrected chi connectivity index (χ3v) is 2.53. The van der Waals surface area contributed by atoms with Gasteiger partial charge in [-0.05, 0) is 38.6 Å². The average molecular weight is 224 g/mol. The monoisotopic (exact) mass is 224 g/mol. The number of rotatable bonds is 4. The molecule has 1 rings (SSSR count). The molecule has 0 saturated carbocycles. The van der Waals surface area contributed by atoms with Gasteiger partial charge in [0, 0.05) is 0 Å². The quantitative estimate of drug-likeness (QED) is 0.815. The van der Waals surface area contributed by atoms with Gasteiger partial charge in [0.2, 0.25) is 5.91 Å². The van der Waals surface area contributed by atoms with E-state index in [0.29, 0.717) is 0 Å². The summed E-state index contributed by atoms with van der Waals surface area (Å²) in [6, 6.07) is 5.78. The number of likely N-dealkylation sites (N-methyl/N-ethyl adjacent to an activating group) is 1. The molecule has 1 aromatic carbocycles. The van der Waals surface area contributed by atoms with E-state index in [9.17, 15) is 9.18 Å². The Morgan fingerprint density at radius 3 is 2.62 bits per heavy atom. The van der Waals surface area contributed by atoms with Crippen LogP contribution >= 0.6 is 0 Å². The molecule has 0 aliphatic heterocycles. The predicted octanol–water partition coefficient (Wildman–Crippen LogP) is 1.61. The minimum atomic E-state index is -0.291. The van der Waals surface area contributed by atoms with E-state index in [1.54, 1.807) is 26.1 Å². The Bertz CT molecular complexity index is 368. The van der Waals surface area contributed by atoms with Crippen molar-refractivity contribution in [3.8, 4) is 0 Å². The van der Waals surface area contributed by atoms with E-state index in [4.69, 9.17) is 0 Å². The second-order valence-corrected chi connectivity index (χ2v) is 3.80. The zero-order valence-electron chi connectivity index (χ0n) is 9.75. The number of benzene rings is 1. The van der Waals surface area contributed by atoms with Crippen LogP contribution in [0.3, 0.4) is 0 Å². The van der Waals surface area contributed by atoms with Gasteiger partial charge in [-0.15, -0.1) is 0 Å². The number of hydrogen-bond acceptors (Lipinski definition) is 2. The van der Waals surface area contributed by atoms with Crippen molar-refractivity contribution in [1.29, 1.82) is 0 Å². The molecule has 2 unspecified atom stereocenters. The maximum atomic E-state index is 13.0. The summed E-state index contributed by atoms with van der Waals surface area (Å²) in [7, 11) is 1.72. The molecule has 2 N–H and O–H groups in total. The van der Waals surface area contributed by atoms with Crippen LogP contribution in [0, 0.1) is 5.82 Å². The summed E-state index contributed by atoms with van der Waals surface area (Å²) < 4.78 is 13.0. The molecule has 4 heteroatoms. The minimum absolute atomic E-state index is 0.0979. The lowest BCUT2D eigenvalue weighted by atomic mass is 10.1. The molecule has 3 nitrogen and oxygen atoms in total. The number of carbonyl (C=O) groups is 1. The minimum Gasteiger partial charge on any atom is -0.348 e. The van der Waals surface area contributed by atoms with Crippen molar-refractivity contribution in [2.45, 2.75) is 25.9 Å². The van der Waals surface area contributed by atoms with Gasteiger partial charge < -0.3 is 10.6 Å². The fourth-order valence-electron chi connectivity index (χ4n) is 1.33. The molecule has 88 valence electrons. The molecule has 16 heavy (non-hydrogen) atoms. The van der Waals surface area contributed by atoms with Crippen LogP contribution in [0.2, 0.25) is 0 Å². The highest BCUT2D eigenvalue weighted by Crippen LogP contribution is 2.13. The van der Waals surface area contributed by atoms with Gasteiger partial charge in [-0.3, -0.25) is 4.79 Å². The van der Waals surface area contributed by atoms with Gasteiger partial charge in [-0.2, -0.15) is 0 Å². The highest BCUT2D eigenvalue weighted by Gasteiger charge is 2.14. The van der Waals surface area contributed by atoms with Crippen molar-refractivity contribution >= 4 is 5.91 Å². The molecule has 0 heterocycles. The Balaban J connectivity index is 2.65. The largest absolute Gasteiger partial charge is 0.348 e. The zero-order valence-corrected chi connectivity index (χ0v) is 9.75. The van der Waals surface area contributed by atoms with Gasteiger partial charge in [0.25, 0.3) is 0 Å². The van der Waals surface area contributed by atoms with E-state index in [1.807, 2.05) is 6.92 Å². The molecule has 0 fully saturated rings. The van der Waals surface area contributed by atoms with Crippen LogP contribution in [0.5, 0.6) is 0 Å². The first-order valence-electron chi connectivity index (χ1n) is 5.27. The van der Waals surface area contributed by atoms with Crippen LogP contribution in [0.4, 0.5) is 4.39 Å². The average Bonchev–Trinajstić information content (AvgIpc) is 2.27. The predicted molar refractivity (Wildman–Crippen MR) is 61.5 cm³/mol. The van der Waals surface area contributed by atoms with Gasteiger partial charge >= 0.3 is 0 Å². The van der Waals surface area contributed by atoms with Crippen LogP contribution in [0.25, 0.3) is 0 Å². The van der Waals surface area contributed by atoms with Crippen LogP contribution in [0.1, 0.15) is 25.5 Å². The molecule has 2 atom stereocenters. The third-order valence-electron chi connectivity index (χ3n) is 2.53. The zero-order chi connectivity index (χ0) is 12.1. The summed E-state index contributed by atoms with van der Waals surface area (Å²) in [5.74, 6) is -0.389. The van der Waals surface area contributed by atoms with Crippen LogP contribution in [-0.4, -0.2) is 19.0 Å². The first kappa shape index (κ1) is 12.6. The van der Waals surface area contributed by atoms with Crippen molar-refractivity contribution in [2.24, 2.45) is 0 Å². The lowest BCUT2D eigenvalue weighted by Crippen LogP contribution is -2.41. The third kappa shape index (κ3) is 3.31. The Kier molecular flexibility index (Phi) is 4.43. The Labute approximate surface area is 95.0 Å². The van der Waals surface area contributed by atoms with Crippen molar-refractivity contribution in [1.82, 2.24) is 10.6 Å². The van der Waals surface area contributed by atoms with Crippen LogP contribution in [0.15, 0.2) is 24.3 Å². The van der Waals surface area contributed by atoms with Gasteiger partial charge in [-0.25, -0.2) is 4.39 Å². The summed E-state index contributed by atoms with van der Waals surface area (Å²) in [5, 5.41) is 5.65. The topological polar surface area (TPSA) is 41.1 Å². The summed E-state index contributed by atoms with van der Waals surface area (Å²) >= 11 is 0. The fraction of sp³-hybridized carbons (Fsp3) is 0.417. The van der Waals surface area contributed by atoms with Crippen molar-refractivity contribution < 1.29 is 9.18 Å². The number of halogens is 1. The summed E-state index contributed by atoms with van der Waals surface area (Å²) in [6.07, 6.45) is 0. The maximum Gasteiger partial charge on any atom is 0.237 e. The second-order valence-electron chi connectivity index (χ2n) is 3.80. The van der Waals surface area contributed by atoms with Gasteiger partial charge in [-0.1, -0.05) is 12.1 Å². The molecule has 0 aromatic heterocycles. The highest BCUT2D eigenvalue weighted by molar-refractivity contribution is 5.81. The number of amides is 1. The van der Waals surface area contributed by atoms with E-state index >= 15 is 0 Å². The van der Waals surface area contributed by atoms with Gasteiger partial charge in [0.05, 0.1) is 12.1 Å². The molecule has 0 spiro atoms. The van der Waals surface area contributed by atoms with E-state index in [2.05, 4.69) is 10.6 Å². The second kappa shape index (κ2) is 5.61. The van der Waals surface area contributed by atoms with E-state index < -0.39 is 0 Å². The van der Waals surface area contributed by atoms with Crippen molar-refractivity contribution in [3.05, 3.63) is 35.6 Å². The molecule has 0 bridgehead atoms. The Hall–Kier alpha value is -1.42. The summed E-state index contributed by atoms with van der Waals surface area (Å²) in [4.78, 5) is 11.6. The molecule has 1 amide bonds. The summed E-state index contributed by atoms with van der Waals surface area (Å²) in [6.45, 7) is 3.60. The molecular weight excluding hydrogens is 207 g/mol. The lowest BCUT2D eigenvalue weighted by molar-refractivity contribution is -0.123. The van der Waals surface area contributed by atoms with E-state index in [-0.39, 0.29) is 23.8 Å². The van der Waals surface area contributed by atoms with Crippen LogP contribution in [-0.2, 0) is 4.79 Å². The first-order valence-corrected chi connectivity index (χ1v) is 5.27. The maximum absolute atomic E-state index is 13.0. The van der Waals surface area contributed by atoms with Gasteiger partial charge in [0.15, 0.2) is 0 Å². The number of nitrogens with one attached hydrogen (secondary N) is 2. The van der Waals surface area contributed by atoms with E-state index in [1.165, 1.54) is 12.1 Å². The molecule has 0 radical (unpaired) electrons. The SMILES string of the molecule is CNC(C)C(=O)NC(C)c1cccc(F)c1. The number of hydrogen-bond donors (Lipinski definition) is 2. The van der Waals surface area contributed by atoms with Crippen LogP contribution < -0.4 is 10.6 Å². The lowest BCUT2D eigenvalue weighted by Gasteiger charge is -2.17. The first-order chi connectivity index (χ1) is 7.54. The Morgan fingerprint density at radius 2 is 2.06 bits per heavy atom. The molecular formula is C12H17FN2O. The number of carbonyl (C=O) groups excluding carboxylic acids is 1. The fourth-order valence-corrected chi connectivity index (χ4v) is 1.33. The van der Waals surface area contributed by atoms with Crippen molar-refractivity contribution in [3.63, 3.8) is 0 Å². The standard InChI is InChI=1S/C12H17FN2O/c1-8(15-12(16)9(2)14-3)10-5-4-6-11(13)7-10/h4-9,14H,1-3H3,(H,15,16). The molecule has 0 saturated heterocycles. The molecule has 1 aromatic rings. The summed E-state index contributed by atoms with van der Waals surface area (Å²) in [5.41, 5.74) is 0.761. The van der Waals surface area contributed by atoms with Crippen molar-refractivity contribution in [2.75, 3.05) is 7.05 Å². The van der Waals surface area contributed by atoms with E-state index in [0.717, 1.165) is 5.56 Å². The smallest absolute Gasteiger partial charge is 0.237 e.